The number of ether oxygens (including phenoxy) is 2. The monoisotopic (exact) mass is 417 g/mol. The summed E-state index contributed by atoms with van der Waals surface area (Å²) in [5, 5.41) is 11.9. The van der Waals surface area contributed by atoms with Gasteiger partial charge in [0, 0.05) is 48.7 Å². The molecule has 1 aliphatic heterocycles. The number of hydrogen-bond donors (Lipinski definition) is 0. The molecule has 0 radical (unpaired) electrons. The Labute approximate surface area is 175 Å². The molecule has 1 aromatic rings. The van der Waals surface area contributed by atoms with Crippen LogP contribution in [0.5, 0.6) is 0 Å². The Balaban J connectivity index is 2.79. The molecular formula is C21H27N3O6. The van der Waals surface area contributed by atoms with Crippen LogP contribution in [-0.4, -0.2) is 49.9 Å². The fourth-order valence-electron chi connectivity index (χ4n) is 3.62. The minimum Gasteiger partial charge on any atom is -0.465 e. The molecule has 0 saturated carbocycles. The molecule has 0 N–H and O–H groups in total. The number of nitrogens with zero attached hydrogens (tertiary/aromatic N) is 3. The van der Waals surface area contributed by atoms with Gasteiger partial charge in [0.2, 0.25) is 0 Å². The van der Waals surface area contributed by atoms with Crippen LogP contribution in [0.2, 0.25) is 0 Å². The third kappa shape index (κ3) is 4.50. The zero-order valence-corrected chi connectivity index (χ0v) is 18.1. The molecule has 0 amide bonds. The van der Waals surface area contributed by atoms with Crippen LogP contribution in [0.4, 0.5) is 11.4 Å². The predicted octanol–water partition coefficient (Wildman–Crippen LogP) is 3.24. The average molecular weight is 417 g/mol. The van der Waals surface area contributed by atoms with Crippen LogP contribution in [0, 0.1) is 16.0 Å². The van der Waals surface area contributed by atoms with E-state index in [2.05, 4.69) is 4.99 Å². The van der Waals surface area contributed by atoms with Crippen molar-refractivity contribution >= 4 is 29.0 Å². The zero-order chi connectivity index (χ0) is 22.6. The normalized spacial score (nSPS) is 18.5. The first kappa shape index (κ1) is 23.1. The highest BCUT2D eigenvalue weighted by atomic mass is 16.6. The second kappa shape index (κ2) is 9.51. The molecule has 0 saturated heterocycles. The first-order valence-corrected chi connectivity index (χ1v) is 9.69. The van der Waals surface area contributed by atoms with Crippen LogP contribution < -0.4 is 4.90 Å². The summed E-state index contributed by atoms with van der Waals surface area (Å²) in [7, 11) is 3.54. The van der Waals surface area contributed by atoms with Gasteiger partial charge in [-0.05, 0) is 39.8 Å². The van der Waals surface area contributed by atoms with Crippen molar-refractivity contribution in [1.82, 2.24) is 0 Å². The van der Waals surface area contributed by atoms with E-state index in [4.69, 9.17) is 9.47 Å². The summed E-state index contributed by atoms with van der Waals surface area (Å²) in [6.45, 7) is 6.87. The Morgan fingerprint density at radius 3 is 2.33 bits per heavy atom. The summed E-state index contributed by atoms with van der Waals surface area (Å²) in [6.07, 6.45) is 0. The smallest absolute Gasteiger partial charge is 0.336 e. The number of rotatable bonds is 7. The van der Waals surface area contributed by atoms with Gasteiger partial charge >= 0.3 is 11.9 Å². The van der Waals surface area contributed by atoms with Crippen molar-refractivity contribution in [1.29, 1.82) is 0 Å². The summed E-state index contributed by atoms with van der Waals surface area (Å²) in [5.41, 5.74) is 1.58. The van der Waals surface area contributed by atoms with Gasteiger partial charge in [0.05, 0.1) is 23.7 Å². The van der Waals surface area contributed by atoms with Crippen molar-refractivity contribution in [2.75, 3.05) is 32.2 Å². The molecule has 9 heteroatoms. The summed E-state index contributed by atoms with van der Waals surface area (Å²) < 4.78 is 10.4. The van der Waals surface area contributed by atoms with Gasteiger partial charge in [0.15, 0.2) is 0 Å². The molecule has 2 rings (SSSR count). The molecule has 1 heterocycles. The Bertz CT molecular complexity index is 919. The van der Waals surface area contributed by atoms with Crippen molar-refractivity contribution in [2.45, 2.75) is 33.6 Å². The topological polar surface area (TPSA) is 111 Å². The number of esters is 2. The van der Waals surface area contributed by atoms with Crippen molar-refractivity contribution in [3.63, 3.8) is 0 Å². The number of carbonyl (C=O) groups excluding carboxylic acids is 2. The van der Waals surface area contributed by atoms with Gasteiger partial charge in [0.25, 0.3) is 5.69 Å². The minimum atomic E-state index is -0.975. The number of nitro benzene ring substituents is 1. The van der Waals surface area contributed by atoms with Crippen molar-refractivity contribution in [2.24, 2.45) is 10.9 Å². The van der Waals surface area contributed by atoms with Crippen molar-refractivity contribution < 1.29 is 24.0 Å². The standard InChI is InChI=1S/C21H27N3O6/c1-7-29-20(25)17-12(3)22-13(4)18(21(26)30-8-2)19(17)15-10-9-14(23(5)6)11-16(15)24(27)28/h9-11,17,19H,7-8H2,1-6H3. The lowest BCUT2D eigenvalue weighted by Gasteiger charge is -2.31. The Hall–Kier alpha value is -3.23. The molecule has 1 aromatic carbocycles. The van der Waals surface area contributed by atoms with Crippen LogP contribution in [0.3, 0.4) is 0 Å². The lowest BCUT2D eigenvalue weighted by atomic mass is 9.75. The maximum atomic E-state index is 12.8. The first-order chi connectivity index (χ1) is 14.1. The molecule has 0 aliphatic carbocycles. The molecule has 0 bridgehead atoms. The van der Waals surface area contributed by atoms with E-state index < -0.39 is 28.7 Å². The van der Waals surface area contributed by atoms with Crippen molar-refractivity contribution in [3.8, 4) is 0 Å². The van der Waals surface area contributed by atoms with E-state index in [9.17, 15) is 19.7 Å². The molecule has 1 aliphatic rings. The molecule has 0 spiro atoms. The molecule has 2 unspecified atom stereocenters. The second-order valence-electron chi connectivity index (χ2n) is 7.07. The Morgan fingerprint density at radius 1 is 1.17 bits per heavy atom. The fourth-order valence-corrected chi connectivity index (χ4v) is 3.62. The number of benzene rings is 1. The lowest BCUT2D eigenvalue weighted by Crippen LogP contribution is -2.37. The quantitative estimate of drug-likeness (QED) is 0.380. The average Bonchev–Trinajstić information content (AvgIpc) is 2.66. The first-order valence-electron chi connectivity index (χ1n) is 9.69. The number of aliphatic imine (C=N–C) groups is 1. The van der Waals surface area contributed by atoms with Crippen LogP contribution >= 0.6 is 0 Å². The van der Waals surface area contributed by atoms with E-state index in [1.54, 1.807) is 58.8 Å². The largest absolute Gasteiger partial charge is 0.465 e. The van der Waals surface area contributed by atoms with Crippen LogP contribution in [0.25, 0.3) is 0 Å². The highest BCUT2D eigenvalue weighted by molar-refractivity contribution is 6.07. The highest BCUT2D eigenvalue weighted by Crippen LogP contribution is 2.44. The molecule has 0 fully saturated rings. The minimum absolute atomic E-state index is 0.122. The van der Waals surface area contributed by atoms with E-state index in [-0.39, 0.29) is 30.0 Å². The number of anilines is 1. The number of allylic oxidation sites excluding steroid dienone is 1. The van der Waals surface area contributed by atoms with Gasteiger partial charge < -0.3 is 14.4 Å². The maximum absolute atomic E-state index is 12.8. The van der Waals surface area contributed by atoms with Gasteiger partial charge in [0.1, 0.15) is 5.92 Å². The molecule has 162 valence electrons. The lowest BCUT2D eigenvalue weighted by molar-refractivity contribution is -0.385. The van der Waals surface area contributed by atoms with E-state index in [1.165, 1.54) is 6.07 Å². The van der Waals surface area contributed by atoms with E-state index >= 15 is 0 Å². The SMILES string of the molecule is CCOC(=O)C1=C(C)N=C(C)C(C(=O)OCC)C1c1ccc(N(C)C)cc1[N+](=O)[O-]. The Morgan fingerprint density at radius 2 is 1.80 bits per heavy atom. The van der Waals surface area contributed by atoms with Crippen LogP contribution in [0.1, 0.15) is 39.2 Å². The number of hydrogen-bond acceptors (Lipinski definition) is 8. The number of carbonyl (C=O) groups is 2. The zero-order valence-electron chi connectivity index (χ0n) is 18.1. The summed E-state index contributed by atoms with van der Waals surface area (Å²) in [4.78, 5) is 43.1. The van der Waals surface area contributed by atoms with E-state index in [1.807, 2.05) is 0 Å². The summed E-state index contributed by atoms with van der Waals surface area (Å²) in [5.74, 6) is -3.17. The van der Waals surface area contributed by atoms with Gasteiger partial charge in [-0.15, -0.1) is 0 Å². The van der Waals surface area contributed by atoms with Gasteiger partial charge in [-0.25, -0.2) is 4.79 Å². The summed E-state index contributed by atoms with van der Waals surface area (Å²) >= 11 is 0. The van der Waals surface area contributed by atoms with E-state index in [0.717, 1.165) is 0 Å². The van der Waals surface area contributed by atoms with Crippen LogP contribution in [-0.2, 0) is 19.1 Å². The van der Waals surface area contributed by atoms with Gasteiger partial charge in [-0.1, -0.05) is 0 Å². The number of nitro groups is 1. The molecule has 0 aromatic heterocycles. The summed E-state index contributed by atoms with van der Waals surface area (Å²) in [6, 6.07) is 4.72. The molecular weight excluding hydrogens is 390 g/mol. The molecule has 2 atom stereocenters. The molecule has 30 heavy (non-hydrogen) atoms. The highest BCUT2D eigenvalue weighted by Gasteiger charge is 2.44. The van der Waals surface area contributed by atoms with Gasteiger partial charge in [-0.3, -0.25) is 19.9 Å². The third-order valence-corrected chi connectivity index (χ3v) is 4.93. The van der Waals surface area contributed by atoms with E-state index in [0.29, 0.717) is 17.1 Å². The van der Waals surface area contributed by atoms with Crippen molar-refractivity contribution in [3.05, 3.63) is 45.1 Å². The third-order valence-electron chi connectivity index (χ3n) is 4.93. The maximum Gasteiger partial charge on any atom is 0.336 e. The predicted molar refractivity (Wildman–Crippen MR) is 113 cm³/mol. The fraction of sp³-hybridized carbons (Fsp3) is 0.476. The Kier molecular flexibility index (Phi) is 7.31. The molecule has 9 nitrogen and oxygen atoms in total. The van der Waals surface area contributed by atoms with Gasteiger partial charge in [-0.2, -0.15) is 0 Å². The van der Waals surface area contributed by atoms with Crippen LogP contribution in [0.15, 0.2) is 34.5 Å². The second-order valence-corrected chi connectivity index (χ2v) is 7.07.